The fourth-order valence-corrected chi connectivity index (χ4v) is 4.24. The molecule has 20 heavy (non-hydrogen) atoms. The molecule has 1 fully saturated rings. The van der Waals surface area contributed by atoms with Crippen LogP contribution in [0.2, 0.25) is 5.02 Å². The molecule has 2 N–H and O–H groups in total. The number of sulfonamides is 1. The minimum Gasteiger partial charge on any atom is -0.369 e. The molecule has 1 aromatic heterocycles. The van der Waals surface area contributed by atoms with Crippen LogP contribution in [0.15, 0.2) is 17.2 Å². The molecule has 2 rings (SSSR count). The second kappa shape index (κ2) is 5.87. The van der Waals surface area contributed by atoms with Crippen molar-refractivity contribution in [3.05, 3.63) is 17.3 Å². The van der Waals surface area contributed by atoms with Gasteiger partial charge < -0.3 is 5.32 Å². The zero-order valence-corrected chi connectivity index (χ0v) is 13.3. The second-order valence-electron chi connectivity index (χ2n) is 5.41. The number of pyridine rings is 1. The van der Waals surface area contributed by atoms with Gasteiger partial charge in [-0.1, -0.05) is 24.4 Å². The number of halogens is 1. The molecule has 7 heteroatoms. The summed E-state index contributed by atoms with van der Waals surface area (Å²) < 4.78 is 27.5. The molecule has 0 unspecified atom stereocenters. The summed E-state index contributed by atoms with van der Waals surface area (Å²) in [7, 11) is -3.58. The molecule has 0 radical (unpaired) electrons. The molecule has 0 amide bonds. The summed E-state index contributed by atoms with van der Waals surface area (Å²) >= 11 is 6.05. The first kappa shape index (κ1) is 15.5. The van der Waals surface area contributed by atoms with Gasteiger partial charge >= 0.3 is 0 Å². The van der Waals surface area contributed by atoms with E-state index < -0.39 is 10.0 Å². The van der Waals surface area contributed by atoms with Crippen molar-refractivity contribution in [2.75, 3.05) is 11.9 Å². The molecule has 0 spiro atoms. The number of aromatic nitrogens is 1. The zero-order valence-electron chi connectivity index (χ0n) is 11.7. The molecule has 1 aliphatic rings. The first-order valence-corrected chi connectivity index (χ1v) is 8.66. The Morgan fingerprint density at radius 1 is 1.40 bits per heavy atom. The van der Waals surface area contributed by atoms with Gasteiger partial charge in [-0.3, -0.25) is 0 Å². The lowest BCUT2D eigenvalue weighted by atomic mass is 10.0. The lowest BCUT2D eigenvalue weighted by molar-refractivity contribution is 0.427. The average molecular weight is 318 g/mol. The maximum absolute atomic E-state index is 12.4. The van der Waals surface area contributed by atoms with Crippen molar-refractivity contribution in [2.24, 2.45) is 0 Å². The molecule has 1 heterocycles. The third-order valence-corrected chi connectivity index (χ3v) is 5.45. The molecule has 112 valence electrons. The van der Waals surface area contributed by atoms with Crippen LogP contribution in [-0.4, -0.2) is 25.5 Å². The smallest absolute Gasteiger partial charge is 0.242 e. The van der Waals surface area contributed by atoms with Gasteiger partial charge in [-0.2, -0.15) is 0 Å². The van der Waals surface area contributed by atoms with E-state index in [-0.39, 0.29) is 10.4 Å². The number of anilines is 1. The third-order valence-electron chi connectivity index (χ3n) is 3.56. The second-order valence-corrected chi connectivity index (χ2v) is 7.49. The topological polar surface area (TPSA) is 71.1 Å². The average Bonchev–Trinajstić information content (AvgIpc) is 2.77. The van der Waals surface area contributed by atoms with Gasteiger partial charge in [-0.15, -0.1) is 0 Å². The van der Waals surface area contributed by atoms with Gasteiger partial charge in [0.2, 0.25) is 10.0 Å². The molecule has 1 saturated carbocycles. The number of nitrogens with one attached hydrogen (secondary N) is 2. The van der Waals surface area contributed by atoms with Gasteiger partial charge in [0.15, 0.2) is 0 Å². The van der Waals surface area contributed by atoms with Crippen molar-refractivity contribution in [3.63, 3.8) is 0 Å². The van der Waals surface area contributed by atoms with E-state index in [0.29, 0.717) is 17.4 Å². The van der Waals surface area contributed by atoms with Gasteiger partial charge in [-0.05, 0) is 32.8 Å². The highest BCUT2D eigenvalue weighted by Crippen LogP contribution is 2.31. The van der Waals surface area contributed by atoms with E-state index in [0.717, 1.165) is 25.7 Å². The Bertz CT molecular complexity index is 583. The van der Waals surface area contributed by atoms with Crippen molar-refractivity contribution < 1.29 is 8.42 Å². The van der Waals surface area contributed by atoms with Crippen LogP contribution >= 0.6 is 11.6 Å². The summed E-state index contributed by atoms with van der Waals surface area (Å²) in [5.74, 6) is 0.500. The van der Waals surface area contributed by atoms with Crippen molar-refractivity contribution in [2.45, 2.75) is 50.0 Å². The molecule has 0 bridgehead atoms. The van der Waals surface area contributed by atoms with Crippen LogP contribution in [0.1, 0.15) is 39.5 Å². The molecule has 5 nitrogen and oxygen atoms in total. The van der Waals surface area contributed by atoms with Crippen molar-refractivity contribution >= 4 is 27.4 Å². The van der Waals surface area contributed by atoms with Crippen molar-refractivity contribution in [3.8, 4) is 0 Å². The molecule has 1 aliphatic carbocycles. The van der Waals surface area contributed by atoms with Crippen molar-refractivity contribution in [1.29, 1.82) is 0 Å². The SMILES string of the molecule is CCNc1ncc(S(=O)(=O)NC2(C)CCCC2)cc1Cl. The van der Waals surface area contributed by atoms with E-state index in [4.69, 9.17) is 11.6 Å². The number of nitrogens with zero attached hydrogens (tertiary/aromatic N) is 1. The zero-order chi connectivity index (χ0) is 14.8. The van der Waals surface area contributed by atoms with Crippen LogP contribution in [0.5, 0.6) is 0 Å². The first-order valence-electron chi connectivity index (χ1n) is 6.80. The Morgan fingerprint density at radius 3 is 2.60 bits per heavy atom. The minimum absolute atomic E-state index is 0.109. The molecule has 0 atom stereocenters. The van der Waals surface area contributed by atoms with E-state index in [2.05, 4.69) is 15.0 Å². The fourth-order valence-electron chi connectivity index (χ4n) is 2.51. The monoisotopic (exact) mass is 317 g/mol. The predicted octanol–water partition coefficient (Wildman–Crippen LogP) is 2.78. The van der Waals surface area contributed by atoms with Gasteiger partial charge in [0.1, 0.15) is 10.7 Å². The van der Waals surface area contributed by atoms with E-state index in [1.54, 1.807) is 0 Å². The van der Waals surface area contributed by atoms with Crippen LogP contribution in [0, 0.1) is 0 Å². The van der Waals surface area contributed by atoms with Crippen LogP contribution in [0.4, 0.5) is 5.82 Å². The molecule has 0 aliphatic heterocycles. The summed E-state index contributed by atoms with van der Waals surface area (Å²) in [5.41, 5.74) is -0.356. The highest BCUT2D eigenvalue weighted by Gasteiger charge is 2.33. The van der Waals surface area contributed by atoms with E-state index >= 15 is 0 Å². The summed E-state index contributed by atoms with van der Waals surface area (Å²) in [6.45, 7) is 4.54. The minimum atomic E-state index is -3.58. The standard InChI is InChI=1S/C13H20ClN3O2S/c1-3-15-12-11(14)8-10(9-16-12)20(18,19)17-13(2)6-4-5-7-13/h8-9,17H,3-7H2,1-2H3,(H,15,16). The van der Waals surface area contributed by atoms with E-state index in [1.807, 2.05) is 13.8 Å². The molecule has 0 aromatic carbocycles. The summed E-state index contributed by atoms with van der Waals surface area (Å²) in [6, 6.07) is 1.44. The van der Waals surface area contributed by atoms with Crippen LogP contribution < -0.4 is 10.0 Å². The van der Waals surface area contributed by atoms with Gasteiger partial charge in [-0.25, -0.2) is 18.1 Å². The quantitative estimate of drug-likeness (QED) is 0.876. The molecular weight excluding hydrogens is 298 g/mol. The van der Waals surface area contributed by atoms with E-state index in [9.17, 15) is 8.42 Å². The first-order chi connectivity index (χ1) is 9.36. The van der Waals surface area contributed by atoms with Crippen LogP contribution in [0.25, 0.3) is 0 Å². The highest BCUT2D eigenvalue weighted by atomic mass is 35.5. The summed E-state index contributed by atoms with van der Waals surface area (Å²) in [4.78, 5) is 4.18. The Morgan fingerprint density at radius 2 is 2.05 bits per heavy atom. The molecule has 1 aromatic rings. The predicted molar refractivity (Wildman–Crippen MR) is 80.6 cm³/mol. The van der Waals surface area contributed by atoms with Gasteiger partial charge in [0.25, 0.3) is 0 Å². The highest BCUT2D eigenvalue weighted by molar-refractivity contribution is 7.89. The van der Waals surface area contributed by atoms with Crippen molar-refractivity contribution in [1.82, 2.24) is 9.71 Å². The Kier molecular flexibility index (Phi) is 4.56. The number of hydrogen-bond acceptors (Lipinski definition) is 4. The number of rotatable bonds is 5. The Balaban J connectivity index is 2.23. The Labute approximate surface area is 125 Å². The maximum Gasteiger partial charge on any atom is 0.242 e. The van der Waals surface area contributed by atoms with Crippen LogP contribution in [0.3, 0.4) is 0 Å². The van der Waals surface area contributed by atoms with Crippen LogP contribution in [-0.2, 0) is 10.0 Å². The molecular formula is C13H20ClN3O2S. The maximum atomic E-state index is 12.4. The third kappa shape index (κ3) is 3.42. The molecule has 0 saturated heterocycles. The summed E-state index contributed by atoms with van der Waals surface area (Å²) in [6.07, 6.45) is 5.17. The fraction of sp³-hybridized carbons (Fsp3) is 0.615. The number of hydrogen-bond donors (Lipinski definition) is 2. The van der Waals surface area contributed by atoms with E-state index in [1.165, 1.54) is 12.3 Å². The summed E-state index contributed by atoms with van der Waals surface area (Å²) in [5, 5.41) is 3.29. The van der Waals surface area contributed by atoms with Gasteiger partial charge in [0, 0.05) is 18.3 Å². The lowest BCUT2D eigenvalue weighted by Crippen LogP contribution is -2.43. The Hall–Kier alpha value is -0.850. The lowest BCUT2D eigenvalue weighted by Gasteiger charge is -2.24. The van der Waals surface area contributed by atoms with Gasteiger partial charge in [0.05, 0.1) is 5.02 Å². The largest absolute Gasteiger partial charge is 0.369 e. The normalized spacial score (nSPS) is 18.1.